The molecule has 1 atom stereocenters. The molecule has 0 bridgehead atoms. The molecule has 0 aromatic heterocycles. The van der Waals surface area contributed by atoms with E-state index in [-0.39, 0.29) is 30.8 Å². The van der Waals surface area contributed by atoms with Crippen molar-refractivity contribution in [1.82, 2.24) is 10.6 Å². The third-order valence-electron chi connectivity index (χ3n) is 2.97. The first-order valence-electron chi connectivity index (χ1n) is 6.69. The number of nitrogens with one attached hydrogen (secondary N) is 2. The third kappa shape index (κ3) is 5.40. The lowest BCUT2D eigenvalue weighted by Gasteiger charge is -2.15. The maximum absolute atomic E-state index is 11.8. The summed E-state index contributed by atoms with van der Waals surface area (Å²) in [7, 11) is 0. The van der Waals surface area contributed by atoms with E-state index in [4.69, 9.17) is 0 Å². The number of carbonyl (C=O) groups excluding carboxylic acids is 2. The molecule has 0 radical (unpaired) electrons. The molecule has 1 aromatic carbocycles. The lowest BCUT2D eigenvalue weighted by molar-refractivity contribution is -0.120. The van der Waals surface area contributed by atoms with E-state index in [9.17, 15) is 14.7 Å². The van der Waals surface area contributed by atoms with Crippen LogP contribution in [0.25, 0.3) is 0 Å². The fraction of sp³-hybridized carbons (Fsp3) is 0.467. The topological polar surface area (TPSA) is 78.4 Å². The van der Waals surface area contributed by atoms with Crippen LogP contribution in [0.15, 0.2) is 24.3 Å². The molecule has 0 aliphatic rings. The summed E-state index contributed by atoms with van der Waals surface area (Å²) in [6.45, 7) is 5.73. The number of hydrogen-bond acceptors (Lipinski definition) is 3. The Bertz CT molecular complexity index is 472. The summed E-state index contributed by atoms with van der Waals surface area (Å²) in [5.41, 5.74) is 1.52. The van der Waals surface area contributed by atoms with Crippen LogP contribution in [0.2, 0.25) is 0 Å². The molecule has 0 spiro atoms. The molecule has 1 aromatic rings. The third-order valence-corrected chi connectivity index (χ3v) is 2.97. The van der Waals surface area contributed by atoms with Crippen LogP contribution < -0.4 is 10.6 Å². The zero-order chi connectivity index (χ0) is 15.1. The lowest BCUT2D eigenvalue weighted by atomic mass is 10.1. The van der Waals surface area contributed by atoms with Gasteiger partial charge >= 0.3 is 0 Å². The number of amides is 2. The molecule has 0 fully saturated rings. The monoisotopic (exact) mass is 278 g/mol. The second-order valence-electron chi connectivity index (χ2n) is 5.17. The maximum atomic E-state index is 11.8. The van der Waals surface area contributed by atoms with Gasteiger partial charge in [-0.1, -0.05) is 31.5 Å². The average molecular weight is 278 g/mol. The smallest absolute Gasteiger partial charge is 0.251 e. The van der Waals surface area contributed by atoms with E-state index < -0.39 is 6.10 Å². The molecule has 0 saturated heterocycles. The van der Waals surface area contributed by atoms with Gasteiger partial charge in [0.25, 0.3) is 5.91 Å². The molecular formula is C15H22N2O3. The van der Waals surface area contributed by atoms with Gasteiger partial charge < -0.3 is 15.7 Å². The summed E-state index contributed by atoms with van der Waals surface area (Å²) in [4.78, 5) is 23.3. The van der Waals surface area contributed by atoms with Crippen molar-refractivity contribution in [3.8, 4) is 0 Å². The molecule has 2 amide bonds. The van der Waals surface area contributed by atoms with Gasteiger partial charge in [-0.25, -0.2) is 0 Å². The molecule has 1 rings (SSSR count). The van der Waals surface area contributed by atoms with Crippen LogP contribution >= 0.6 is 0 Å². The van der Waals surface area contributed by atoms with E-state index in [0.717, 1.165) is 5.56 Å². The summed E-state index contributed by atoms with van der Waals surface area (Å²) in [5, 5.41) is 14.7. The van der Waals surface area contributed by atoms with Gasteiger partial charge in [0.05, 0.1) is 12.6 Å². The summed E-state index contributed by atoms with van der Waals surface area (Å²) < 4.78 is 0. The standard InChI is InChI=1S/C15H22N2O3/c1-10(2)13(18)8-16-14(19)9-17-15(20)12-6-4-5-11(3)7-12/h4-7,10,13,18H,8-9H2,1-3H3,(H,16,19)(H,17,20). The summed E-state index contributed by atoms with van der Waals surface area (Å²) in [6.07, 6.45) is -0.577. The van der Waals surface area contributed by atoms with Crippen molar-refractivity contribution in [3.05, 3.63) is 35.4 Å². The van der Waals surface area contributed by atoms with Gasteiger partial charge in [-0.2, -0.15) is 0 Å². The molecular weight excluding hydrogens is 256 g/mol. The summed E-state index contributed by atoms with van der Waals surface area (Å²) >= 11 is 0. The number of rotatable bonds is 6. The van der Waals surface area contributed by atoms with E-state index in [0.29, 0.717) is 5.56 Å². The Labute approximate surface area is 119 Å². The molecule has 0 saturated carbocycles. The van der Waals surface area contributed by atoms with Crippen molar-refractivity contribution >= 4 is 11.8 Å². The van der Waals surface area contributed by atoms with E-state index in [1.54, 1.807) is 18.2 Å². The van der Waals surface area contributed by atoms with E-state index >= 15 is 0 Å². The van der Waals surface area contributed by atoms with E-state index in [1.807, 2.05) is 26.8 Å². The van der Waals surface area contributed by atoms with Crippen LogP contribution in [0, 0.1) is 12.8 Å². The highest BCUT2D eigenvalue weighted by Crippen LogP contribution is 2.03. The van der Waals surface area contributed by atoms with Crippen LogP contribution in [-0.4, -0.2) is 36.1 Å². The van der Waals surface area contributed by atoms with Gasteiger partial charge in [0.1, 0.15) is 0 Å². The Balaban J connectivity index is 2.36. The molecule has 5 heteroatoms. The van der Waals surface area contributed by atoms with Gasteiger partial charge in [0, 0.05) is 12.1 Å². The number of aliphatic hydroxyl groups excluding tert-OH is 1. The van der Waals surface area contributed by atoms with Crippen LogP contribution in [0.3, 0.4) is 0 Å². The molecule has 0 aliphatic carbocycles. The SMILES string of the molecule is Cc1cccc(C(=O)NCC(=O)NCC(O)C(C)C)c1. The Morgan fingerprint density at radius 2 is 1.95 bits per heavy atom. The molecule has 0 heterocycles. The molecule has 3 N–H and O–H groups in total. The second kappa shape index (κ2) is 7.65. The summed E-state index contributed by atoms with van der Waals surface area (Å²) in [6, 6.07) is 7.15. The molecule has 5 nitrogen and oxygen atoms in total. The largest absolute Gasteiger partial charge is 0.391 e. The van der Waals surface area contributed by atoms with E-state index in [1.165, 1.54) is 0 Å². The van der Waals surface area contributed by atoms with Crippen molar-refractivity contribution in [1.29, 1.82) is 0 Å². The zero-order valence-corrected chi connectivity index (χ0v) is 12.1. The predicted molar refractivity (Wildman–Crippen MR) is 77.4 cm³/mol. The quantitative estimate of drug-likeness (QED) is 0.722. The first-order chi connectivity index (χ1) is 9.40. The normalized spacial score (nSPS) is 12.1. The van der Waals surface area contributed by atoms with Crippen LogP contribution in [0.1, 0.15) is 29.8 Å². The number of carbonyl (C=O) groups is 2. The van der Waals surface area contributed by atoms with Gasteiger partial charge in [-0.05, 0) is 25.0 Å². The predicted octanol–water partition coefficient (Wildman–Crippen LogP) is 0.858. The fourth-order valence-corrected chi connectivity index (χ4v) is 1.57. The molecule has 0 aliphatic heterocycles. The highest BCUT2D eigenvalue weighted by atomic mass is 16.3. The minimum absolute atomic E-state index is 0.0807. The minimum Gasteiger partial charge on any atom is -0.391 e. The molecule has 110 valence electrons. The van der Waals surface area contributed by atoms with Gasteiger partial charge in [-0.15, -0.1) is 0 Å². The van der Waals surface area contributed by atoms with Gasteiger partial charge in [0.15, 0.2) is 0 Å². The minimum atomic E-state index is -0.577. The lowest BCUT2D eigenvalue weighted by Crippen LogP contribution is -2.41. The number of hydrogen-bond donors (Lipinski definition) is 3. The van der Waals surface area contributed by atoms with Gasteiger partial charge in [0.2, 0.25) is 5.91 Å². The number of aryl methyl sites for hydroxylation is 1. The van der Waals surface area contributed by atoms with Crippen molar-refractivity contribution < 1.29 is 14.7 Å². The highest BCUT2D eigenvalue weighted by molar-refractivity contribution is 5.96. The molecule has 20 heavy (non-hydrogen) atoms. The Hall–Kier alpha value is -1.88. The van der Waals surface area contributed by atoms with Crippen LogP contribution in [0.4, 0.5) is 0 Å². The fourth-order valence-electron chi connectivity index (χ4n) is 1.57. The van der Waals surface area contributed by atoms with Crippen molar-refractivity contribution in [2.75, 3.05) is 13.1 Å². The first-order valence-corrected chi connectivity index (χ1v) is 6.69. The van der Waals surface area contributed by atoms with Crippen molar-refractivity contribution in [2.24, 2.45) is 5.92 Å². The average Bonchev–Trinajstić information content (AvgIpc) is 2.41. The molecule has 1 unspecified atom stereocenters. The van der Waals surface area contributed by atoms with E-state index in [2.05, 4.69) is 10.6 Å². The summed E-state index contributed by atoms with van der Waals surface area (Å²) in [5.74, 6) is -0.517. The number of benzene rings is 1. The zero-order valence-electron chi connectivity index (χ0n) is 12.1. The Morgan fingerprint density at radius 1 is 1.25 bits per heavy atom. The first kappa shape index (κ1) is 16.2. The maximum Gasteiger partial charge on any atom is 0.251 e. The van der Waals surface area contributed by atoms with Crippen LogP contribution in [0.5, 0.6) is 0 Å². The van der Waals surface area contributed by atoms with Gasteiger partial charge in [-0.3, -0.25) is 9.59 Å². The van der Waals surface area contributed by atoms with Crippen molar-refractivity contribution in [2.45, 2.75) is 26.9 Å². The van der Waals surface area contributed by atoms with Crippen molar-refractivity contribution in [3.63, 3.8) is 0 Å². The Morgan fingerprint density at radius 3 is 2.55 bits per heavy atom. The highest BCUT2D eigenvalue weighted by Gasteiger charge is 2.12. The second-order valence-corrected chi connectivity index (χ2v) is 5.17. The Kier molecular flexibility index (Phi) is 6.18. The number of aliphatic hydroxyl groups is 1. The van der Waals surface area contributed by atoms with Crippen LogP contribution in [-0.2, 0) is 4.79 Å².